The molecule has 2 atom stereocenters. The highest BCUT2D eigenvalue weighted by atomic mass is 127. The van der Waals surface area contributed by atoms with Gasteiger partial charge in [0, 0.05) is 6.42 Å². The summed E-state index contributed by atoms with van der Waals surface area (Å²) in [7, 11) is -4.58. The van der Waals surface area contributed by atoms with E-state index in [0.29, 0.717) is 45.2 Å². The molecule has 0 aliphatic rings. The molecule has 1 aromatic carbocycles. The fraction of sp³-hybridized carbons (Fsp3) is 0.667. The molecule has 7 heteroatoms. The third kappa shape index (κ3) is 8.56. The van der Waals surface area contributed by atoms with E-state index in [1.165, 1.54) is 0 Å². The Morgan fingerprint density at radius 1 is 0.825 bits per heavy atom. The molecule has 1 aromatic rings. The van der Waals surface area contributed by atoms with Gasteiger partial charge in [0.1, 0.15) is 6.10 Å². The molecule has 0 aliphatic heterocycles. The highest BCUT2D eigenvalue weighted by Gasteiger charge is 2.51. The van der Waals surface area contributed by atoms with Crippen LogP contribution in [0.25, 0.3) is 6.08 Å². The Balaban J connectivity index is 3.47. The lowest BCUT2D eigenvalue weighted by Crippen LogP contribution is -2.56. The highest BCUT2D eigenvalue weighted by Crippen LogP contribution is 2.46. The van der Waals surface area contributed by atoms with Crippen molar-refractivity contribution in [1.29, 1.82) is 0 Å². The summed E-state index contributed by atoms with van der Waals surface area (Å²) in [5.41, 5.74) is 3.76. The maximum Gasteiger partial charge on any atom is 0.338 e. The van der Waals surface area contributed by atoms with Crippen LogP contribution in [0.15, 0.2) is 28.3 Å². The molecule has 0 bridgehead atoms. The highest BCUT2D eigenvalue weighted by molar-refractivity contribution is 14.1. The molecule has 0 aromatic heterocycles. The van der Waals surface area contributed by atoms with Crippen molar-refractivity contribution in [2.75, 3.05) is 6.61 Å². The Morgan fingerprint density at radius 3 is 1.70 bits per heavy atom. The Bertz CT molecular complexity index is 951. The Kier molecular flexibility index (Phi) is 15.4. The molecular formula is C33H55IO4Si2. The predicted octanol–water partition coefficient (Wildman–Crippen LogP) is 10.4. The number of carbonyl (C=O) groups excluding carboxylic acids is 1. The van der Waals surface area contributed by atoms with Gasteiger partial charge in [0.2, 0.25) is 16.6 Å². The van der Waals surface area contributed by atoms with Gasteiger partial charge in [-0.15, -0.1) is 6.42 Å². The van der Waals surface area contributed by atoms with Crippen LogP contribution < -0.4 is 0 Å². The number of hydrogen-bond donors (Lipinski definition) is 0. The summed E-state index contributed by atoms with van der Waals surface area (Å²) < 4.78 is 22.2. The van der Waals surface area contributed by atoms with Crippen molar-refractivity contribution in [2.45, 2.75) is 135 Å². The van der Waals surface area contributed by atoms with Gasteiger partial charge in [0.15, 0.2) is 0 Å². The number of ether oxygens (including phenoxy) is 1. The first-order chi connectivity index (χ1) is 18.6. The first-order valence-corrected chi connectivity index (χ1v) is 20.5. The zero-order chi connectivity index (χ0) is 30.8. The van der Waals surface area contributed by atoms with Crippen molar-refractivity contribution in [2.24, 2.45) is 0 Å². The lowest BCUT2D eigenvalue weighted by molar-refractivity contribution is 0.0254. The van der Waals surface area contributed by atoms with Crippen molar-refractivity contribution in [1.82, 2.24) is 0 Å². The van der Waals surface area contributed by atoms with Gasteiger partial charge in [0.05, 0.1) is 18.3 Å². The lowest BCUT2D eigenvalue weighted by atomic mass is 10.1. The summed E-state index contributed by atoms with van der Waals surface area (Å²) >= 11 is 2.16. The summed E-state index contributed by atoms with van der Waals surface area (Å²) in [6, 6.07) is 7.50. The van der Waals surface area contributed by atoms with Crippen LogP contribution in [0.2, 0.25) is 33.2 Å². The average Bonchev–Trinajstić information content (AvgIpc) is 2.86. The van der Waals surface area contributed by atoms with Crippen LogP contribution >= 0.6 is 22.6 Å². The third-order valence-corrected chi connectivity index (χ3v) is 21.2. The smallest absolute Gasteiger partial charge is 0.338 e. The minimum absolute atomic E-state index is 0.214. The van der Waals surface area contributed by atoms with E-state index in [1.807, 2.05) is 28.4 Å². The maximum atomic E-state index is 13.1. The summed E-state index contributed by atoms with van der Waals surface area (Å²) in [4.78, 5) is 13.1. The molecule has 226 valence electrons. The van der Waals surface area contributed by atoms with Crippen molar-refractivity contribution < 1.29 is 18.4 Å². The van der Waals surface area contributed by atoms with E-state index in [1.54, 1.807) is 6.07 Å². The van der Waals surface area contributed by atoms with Gasteiger partial charge in [-0.05, 0) is 55.0 Å². The van der Waals surface area contributed by atoms with E-state index < -0.39 is 22.7 Å². The summed E-state index contributed by atoms with van der Waals surface area (Å²) in [5.74, 6) is 2.68. The molecule has 0 aliphatic carbocycles. The number of esters is 1. The van der Waals surface area contributed by atoms with Crippen molar-refractivity contribution in [3.63, 3.8) is 0 Å². The number of terminal acetylenes is 1. The van der Waals surface area contributed by atoms with Gasteiger partial charge in [-0.1, -0.05) is 130 Å². The molecule has 0 heterocycles. The fourth-order valence-corrected chi connectivity index (χ4v) is 18.5. The van der Waals surface area contributed by atoms with E-state index in [2.05, 4.69) is 112 Å². The fourth-order valence-electron chi connectivity index (χ4n) is 7.03. The number of hydrogen-bond acceptors (Lipinski definition) is 4. The van der Waals surface area contributed by atoms with Gasteiger partial charge in [-0.25, -0.2) is 4.79 Å². The molecule has 0 amide bonds. The van der Waals surface area contributed by atoms with Crippen LogP contribution in [-0.2, 0) is 13.6 Å². The van der Waals surface area contributed by atoms with Crippen LogP contribution in [0.5, 0.6) is 0 Å². The van der Waals surface area contributed by atoms with Gasteiger partial charge >= 0.3 is 5.97 Å². The summed E-state index contributed by atoms with van der Waals surface area (Å²) in [6.45, 7) is 27.5. The van der Waals surface area contributed by atoms with E-state index in [9.17, 15) is 4.79 Å². The number of carbonyl (C=O) groups is 1. The van der Waals surface area contributed by atoms with E-state index >= 15 is 0 Å². The zero-order valence-corrected chi connectivity index (χ0v) is 31.2. The molecule has 0 saturated carbocycles. The number of benzene rings is 1. The van der Waals surface area contributed by atoms with Crippen LogP contribution in [0.1, 0.15) is 105 Å². The quantitative estimate of drug-likeness (QED) is 0.0746. The molecule has 0 spiro atoms. The van der Waals surface area contributed by atoms with E-state index in [-0.39, 0.29) is 18.7 Å². The number of rotatable bonds is 16. The van der Waals surface area contributed by atoms with Gasteiger partial charge in [-0.3, -0.25) is 0 Å². The van der Waals surface area contributed by atoms with Crippen molar-refractivity contribution >= 4 is 51.3 Å². The second kappa shape index (κ2) is 16.6. The summed E-state index contributed by atoms with van der Waals surface area (Å²) in [6.07, 6.45) is 7.81. The predicted molar refractivity (Wildman–Crippen MR) is 185 cm³/mol. The Hall–Kier alpha value is -0.926. The first-order valence-electron chi connectivity index (χ1n) is 15.0. The van der Waals surface area contributed by atoms with E-state index in [0.717, 1.165) is 5.56 Å². The molecule has 0 fully saturated rings. The molecule has 0 unspecified atom stereocenters. The SMILES string of the molecule is C#C[C@H](O[Si](C(C)C)(C(C)C)C(C)C)[C@H](CCOC(=O)c1ccccc1/C=C/I)O[Si](C(C)C)(C(C)C)C(C)C. The van der Waals surface area contributed by atoms with Crippen molar-refractivity contribution in [3.8, 4) is 12.3 Å². The minimum Gasteiger partial charge on any atom is -0.462 e. The second-order valence-electron chi connectivity index (χ2n) is 12.8. The van der Waals surface area contributed by atoms with Gasteiger partial charge in [-0.2, -0.15) is 0 Å². The standard InChI is InChI=1S/C33H55IO4Si2/c1-14-31(37-39(23(2)3,24(4)5)25(6)7)32(38-40(26(8)9,27(10)11)28(12)13)20-22-36-33(35)30-18-16-15-17-29(30)19-21-34/h1,15-19,21,23-28,31-32H,20,22H2,2-13H3/b21-19+/t31-,32-/m0/s1. The van der Waals surface area contributed by atoms with Crippen LogP contribution in [0, 0.1) is 12.3 Å². The topological polar surface area (TPSA) is 44.8 Å². The molecule has 0 N–H and O–H groups in total. The monoisotopic (exact) mass is 698 g/mol. The molecule has 40 heavy (non-hydrogen) atoms. The average molecular weight is 699 g/mol. The van der Waals surface area contributed by atoms with Crippen molar-refractivity contribution in [3.05, 3.63) is 39.5 Å². The largest absolute Gasteiger partial charge is 0.462 e. The number of halogens is 1. The van der Waals surface area contributed by atoms with Crippen LogP contribution in [0.3, 0.4) is 0 Å². The normalized spacial score (nSPS) is 14.7. The Morgan fingerprint density at radius 2 is 1.27 bits per heavy atom. The maximum absolute atomic E-state index is 13.1. The molecule has 0 radical (unpaired) electrons. The lowest BCUT2D eigenvalue weighted by Gasteiger charge is -2.48. The molecule has 4 nitrogen and oxygen atoms in total. The minimum atomic E-state index is -2.30. The molecule has 0 saturated heterocycles. The second-order valence-corrected chi connectivity index (χ2v) is 24.3. The molecule has 1 rings (SSSR count). The van der Waals surface area contributed by atoms with Gasteiger partial charge in [0.25, 0.3) is 0 Å². The third-order valence-electron chi connectivity index (χ3n) is 8.66. The van der Waals surface area contributed by atoms with Gasteiger partial charge < -0.3 is 13.6 Å². The summed E-state index contributed by atoms with van der Waals surface area (Å²) in [5, 5.41) is 0. The van der Waals surface area contributed by atoms with Crippen LogP contribution in [-0.4, -0.2) is 41.4 Å². The zero-order valence-electron chi connectivity index (χ0n) is 27.1. The molecular weight excluding hydrogens is 643 g/mol. The first kappa shape index (κ1) is 37.1. The van der Waals surface area contributed by atoms with Crippen LogP contribution in [0.4, 0.5) is 0 Å². The van der Waals surface area contributed by atoms with E-state index in [4.69, 9.17) is 20.0 Å². The Labute approximate surface area is 261 Å².